The Morgan fingerprint density at radius 3 is 2.95 bits per heavy atom. The normalized spacial score (nSPS) is 10.8. The molecule has 0 bridgehead atoms. The molecule has 0 fully saturated rings. The highest BCUT2D eigenvalue weighted by molar-refractivity contribution is 5.90. The first kappa shape index (κ1) is 11.1. The zero-order valence-corrected chi connectivity index (χ0v) is 9.73. The average molecular weight is 260 g/mol. The fourth-order valence-corrected chi connectivity index (χ4v) is 1.85. The summed E-state index contributed by atoms with van der Waals surface area (Å²) in [6.07, 6.45) is 1.48. The van der Waals surface area contributed by atoms with Crippen molar-refractivity contribution in [1.29, 1.82) is 0 Å². The maximum atomic E-state index is 11.4. The topological polar surface area (TPSA) is 118 Å². The molecule has 0 amide bonds. The largest absolute Gasteiger partial charge is 0.494 e. The van der Waals surface area contributed by atoms with Gasteiger partial charge in [0.2, 0.25) is 5.82 Å². The van der Waals surface area contributed by atoms with Gasteiger partial charge in [0.05, 0.1) is 13.3 Å². The number of imidazole rings is 1. The summed E-state index contributed by atoms with van der Waals surface area (Å²) in [7, 11) is 1.40. The highest BCUT2D eigenvalue weighted by atomic mass is 16.5. The first-order valence-corrected chi connectivity index (χ1v) is 5.24. The summed E-state index contributed by atoms with van der Waals surface area (Å²) in [6.45, 7) is 0. The van der Waals surface area contributed by atoms with E-state index in [1.54, 1.807) is 12.1 Å². The first-order chi connectivity index (χ1) is 9.22. The van der Waals surface area contributed by atoms with Crippen LogP contribution in [0, 0.1) is 0 Å². The molecular formula is C10H8N6O3. The highest BCUT2D eigenvalue weighted by Gasteiger charge is 2.20. The van der Waals surface area contributed by atoms with Gasteiger partial charge < -0.3 is 9.84 Å². The molecular weight excluding hydrogens is 252 g/mol. The molecule has 0 unspecified atom stereocenters. The number of aromatic amines is 1. The Hall–Kier alpha value is -2.97. The van der Waals surface area contributed by atoms with Crippen LogP contribution < -0.4 is 4.74 Å². The van der Waals surface area contributed by atoms with E-state index < -0.39 is 5.97 Å². The molecule has 0 aliphatic rings. The molecule has 3 aromatic heterocycles. The van der Waals surface area contributed by atoms with Gasteiger partial charge in [-0.1, -0.05) is 0 Å². The summed E-state index contributed by atoms with van der Waals surface area (Å²) >= 11 is 0. The minimum Gasteiger partial charge on any atom is -0.494 e. The maximum Gasteiger partial charge on any atom is 0.356 e. The number of tetrazole rings is 1. The standard InChI is InChI=1S/C10H8N6O3/c1-19-6-2-3-7-11-4-5(9-12-14-15-13-9)16(7)8(6)10(17)18/h2-4H,1H3,(H,17,18)(H,12,13,14,15). The van der Waals surface area contributed by atoms with Gasteiger partial charge in [-0.25, -0.2) is 9.78 Å². The van der Waals surface area contributed by atoms with E-state index in [2.05, 4.69) is 25.6 Å². The van der Waals surface area contributed by atoms with E-state index in [0.29, 0.717) is 11.3 Å². The van der Waals surface area contributed by atoms with Gasteiger partial charge in [0.1, 0.15) is 11.3 Å². The van der Waals surface area contributed by atoms with E-state index >= 15 is 0 Å². The molecule has 2 N–H and O–H groups in total. The Bertz CT molecular complexity index is 748. The SMILES string of the molecule is COc1ccc2ncc(-c3nn[nH]n3)n2c1C(=O)O. The number of nitrogens with one attached hydrogen (secondary N) is 1. The van der Waals surface area contributed by atoms with Crippen LogP contribution in [0.3, 0.4) is 0 Å². The number of hydrogen-bond donors (Lipinski definition) is 2. The summed E-state index contributed by atoms with van der Waals surface area (Å²) in [5.74, 6) is -0.656. The van der Waals surface area contributed by atoms with Gasteiger partial charge in [0, 0.05) is 0 Å². The van der Waals surface area contributed by atoms with Crippen LogP contribution in [-0.2, 0) is 0 Å². The number of H-pyrrole nitrogens is 1. The quantitative estimate of drug-likeness (QED) is 0.691. The Morgan fingerprint density at radius 1 is 1.47 bits per heavy atom. The smallest absolute Gasteiger partial charge is 0.356 e. The van der Waals surface area contributed by atoms with Crippen molar-refractivity contribution in [2.75, 3.05) is 7.11 Å². The van der Waals surface area contributed by atoms with Crippen LogP contribution in [0.2, 0.25) is 0 Å². The molecule has 0 atom stereocenters. The van der Waals surface area contributed by atoms with Crippen molar-refractivity contribution in [3.63, 3.8) is 0 Å². The number of carbonyl (C=O) groups is 1. The number of nitrogens with zero attached hydrogens (tertiary/aromatic N) is 5. The molecule has 0 saturated carbocycles. The summed E-state index contributed by atoms with van der Waals surface area (Å²) in [5, 5.41) is 22.7. The van der Waals surface area contributed by atoms with Gasteiger partial charge in [-0.05, 0) is 17.3 Å². The van der Waals surface area contributed by atoms with Crippen LogP contribution in [0.15, 0.2) is 18.3 Å². The number of aromatic carboxylic acids is 1. The number of aromatic nitrogens is 6. The molecule has 0 aliphatic carbocycles. The van der Waals surface area contributed by atoms with Gasteiger partial charge in [-0.15, -0.1) is 10.2 Å². The monoisotopic (exact) mass is 260 g/mol. The van der Waals surface area contributed by atoms with E-state index in [1.807, 2.05) is 0 Å². The van der Waals surface area contributed by atoms with Gasteiger partial charge in [-0.2, -0.15) is 5.21 Å². The second-order valence-electron chi connectivity index (χ2n) is 3.63. The first-order valence-electron chi connectivity index (χ1n) is 5.24. The Kier molecular flexibility index (Phi) is 2.37. The van der Waals surface area contributed by atoms with E-state index in [1.165, 1.54) is 17.7 Å². The lowest BCUT2D eigenvalue weighted by molar-refractivity contribution is 0.0685. The molecule has 3 aromatic rings. The third kappa shape index (κ3) is 1.59. The van der Waals surface area contributed by atoms with Crippen LogP contribution in [-0.4, -0.2) is 48.2 Å². The Morgan fingerprint density at radius 2 is 2.32 bits per heavy atom. The molecule has 3 rings (SSSR count). The van der Waals surface area contributed by atoms with Gasteiger partial charge in [0.25, 0.3) is 0 Å². The van der Waals surface area contributed by atoms with Gasteiger partial charge in [0.15, 0.2) is 11.4 Å². The van der Waals surface area contributed by atoms with E-state index in [-0.39, 0.29) is 17.3 Å². The summed E-state index contributed by atoms with van der Waals surface area (Å²) in [6, 6.07) is 3.20. The number of rotatable bonds is 3. The number of methoxy groups -OCH3 is 1. The molecule has 0 spiro atoms. The Labute approximate surface area is 105 Å². The van der Waals surface area contributed by atoms with Crippen LogP contribution in [0.5, 0.6) is 5.75 Å². The van der Waals surface area contributed by atoms with Crippen LogP contribution in [0.1, 0.15) is 10.5 Å². The lowest BCUT2D eigenvalue weighted by Crippen LogP contribution is -2.09. The minimum absolute atomic E-state index is 0.0442. The number of pyridine rings is 1. The molecule has 0 saturated heterocycles. The molecule has 3 heterocycles. The highest BCUT2D eigenvalue weighted by Crippen LogP contribution is 2.25. The van der Waals surface area contributed by atoms with E-state index in [4.69, 9.17) is 4.74 Å². The molecule has 0 aromatic carbocycles. The maximum absolute atomic E-state index is 11.4. The fraction of sp³-hybridized carbons (Fsp3) is 0.100. The van der Waals surface area contributed by atoms with Crippen molar-refractivity contribution in [2.24, 2.45) is 0 Å². The van der Waals surface area contributed by atoms with Crippen LogP contribution >= 0.6 is 0 Å². The molecule has 19 heavy (non-hydrogen) atoms. The van der Waals surface area contributed by atoms with Crippen molar-refractivity contribution in [1.82, 2.24) is 30.0 Å². The zero-order chi connectivity index (χ0) is 13.4. The molecule has 0 radical (unpaired) electrons. The predicted molar refractivity (Wildman–Crippen MR) is 61.9 cm³/mol. The van der Waals surface area contributed by atoms with E-state index in [9.17, 15) is 9.90 Å². The van der Waals surface area contributed by atoms with Crippen molar-refractivity contribution in [2.45, 2.75) is 0 Å². The lowest BCUT2D eigenvalue weighted by Gasteiger charge is -2.08. The van der Waals surface area contributed by atoms with Crippen molar-refractivity contribution < 1.29 is 14.6 Å². The molecule has 9 heteroatoms. The third-order valence-electron chi connectivity index (χ3n) is 2.63. The number of carboxylic acid groups (broad SMARTS) is 1. The van der Waals surface area contributed by atoms with Crippen molar-refractivity contribution in [3.05, 3.63) is 24.0 Å². The van der Waals surface area contributed by atoms with E-state index in [0.717, 1.165) is 0 Å². The van der Waals surface area contributed by atoms with Crippen LogP contribution in [0.25, 0.3) is 17.2 Å². The zero-order valence-electron chi connectivity index (χ0n) is 9.73. The third-order valence-corrected chi connectivity index (χ3v) is 2.63. The number of fused-ring (bicyclic) bond motifs is 1. The fourth-order valence-electron chi connectivity index (χ4n) is 1.85. The predicted octanol–water partition coefficient (Wildman–Crippen LogP) is 0.221. The van der Waals surface area contributed by atoms with Gasteiger partial charge >= 0.3 is 5.97 Å². The van der Waals surface area contributed by atoms with Crippen molar-refractivity contribution in [3.8, 4) is 17.3 Å². The lowest BCUT2D eigenvalue weighted by atomic mass is 10.3. The van der Waals surface area contributed by atoms with Gasteiger partial charge in [-0.3, -0.25) is 4.40 Å². The average Bonchev–Trinajstić information content (AvgIpc) is 3.05. The number of ether oxygens (including phenoxy) is 1. The Balaban J connectivity index is 2.40. The molecule has 96 valence electrons. The number of hydrogen-bond acceptors (Lipinski definition) is 6. The van der Waals surface area contributed by atoms with Crippen LogP contribution in [0.4, 0.5) is 0 Å². The second-order valence-corrected chi connectivity index (χ2v) is 3.63. The van der Waals surface area contributed by atoms with Crippen molar-refractivity contribution >= 4 is 11.6 Å². The number of carboxylic acids is 1. The summed E-state index contributed by atoms with van der Waals surface area (Å²) < 4.78 is 6.47. The second kappa shape index (κ2) is 4.05. The molecule has 0 aliphatic heterocycles. The minimum atomic E-state index is -1.13. The molecule has 9 nitrogen and oxygen atoms in total. The summed E-state index contributed by atoms with van der Waals surface area (Å²) in [4.78, 5) is 15.5. The summed E-state index contributed by atoms with van der Waals surface area (Å²) in [5.41, 5.74) is 0.829.